The summed E-state index contributed by atoms with van der Waals surface area (Å²) in [6.45, 7) is 1.36. The molecule has 164 valence electrons. The summed E-state index contributed by atoms with van der Waals surface area (Å²) in [5, 5.41) is 2.65. The molecule has 1 saturated heterocycles. The number of anilines is 3. The zero-order chi connectivity index (χ0) is 22.5. The van der Waals surface area contributed by atoms with Gasteiger partial charge in [-0.1, -0.05) is 12.1 Å². The van der Waals surface area contributed by atoms with Crippen molar-refractivity contribution >= 4 is 23.4 Å². The first-order valence-electron chi connectivity index (χ1n) is 9.89. The summed E-state index contributed by atoms with van der Waals surface area (Å²) in [7, 11) is 0. The smallest absolute Gasteiger partial charge is 0.366 e. The SMILES string of the molecule is O=C(Nc1ccnc(=O)[nH]1)N1c2nc(-c3cccc(C(F)(F)F)c3)ccc2N2CC[C@H]1C2. The van der Waals surface area contributed by atoms with E-state index in [-0.39, 0.29) is 11.9 Å². The highest BCUT2D eigenvalue weighted by atomic mass is 19.4. The normalized spacial score (nSPS) is 17.3. The van der Waals surface area contributed by atoms with Crippen LogP contribution in [0.25, 0.3) is 11.3 Å². The molecule has 0 radical (unpaired) electrons. The Balaban J connectivity index is 1.54. The van der Waals surface area contributed by atoms with E-state index in [0.717, 1.165) is 30.8 Å². The Hall–Kier alpha value is -3.89. The molecule has 4 heterocycles. The van der Waals surface area contributed by atoms with Gasteiger partial charge in [-0.15, -0.1) is 0 Å². The molecule has 0 saturated carbocycles. The number of hydrogen-bond donors (Lipinski definition) is 2. The fourth-order valence-corrected chi connectivity index (χ4v) is 4.10. The lowest BCUT2D eigenvalue weighted by Gasteiger charge is -2.35. The molecule has 2 aliphatic rings. The van der Waals surface area contributed by atoms with Crippen molar-refractivity contribution in [2.75, 3.05) is 28.2 Å². The summed E-state index contributed by atoms with van der Waals surface area (Å²) in [6, 6.07) is 9.16. The van der Waals surface area contributed by atoms with Crippen molar-refractivity contribution in [1.29, 1.82) is 0 Å². The minimum absolute atomic E-state index is 0.152. The van der Waals surface area contributed by atoms with E-state index in [4.69, 9.17) is 0 Å². The first-order chi connectivity index (χ1) is 15.3. The minimum Gasteiger partial charge on any atom is -0.366 e. The van der Waals surface area contributed by atoms with Crippen LogP contribution in [0.5, 0.6) is 0 Å². The second-order valence-electron chi connectivity index (χ2n) is 7.60. The Morgan fingerprint density at radius 3 is 2.81 bits per heavy atom. The Labute approximate surface area is 179 Å². The maximum absolute atomic E-state index is 13.2. The van der Waals surface area contributed by atoms with Crippen LogP contribution >= 0.6 is 0 Å². The zero-order valence-corrected chi connectivity index (χ0v) is 16.6. The maximum Gasteiger partial charge on any atom is 0.416 e. The van der Waals surface area contributed by atoms with Gasteiger partial charge in [-0.05, 0) is 36.8 Å². The predicted octanol–water partition coefficient (Wildman–Crippen LogP) is 3.48. The Morgan fingerprint density at radius 1 is 1.19 bits per heavy atom. The van der Waals surface area contributed by atoms with Gasteiger partial charge in [-0.2, -0.15) is 13.2 Å². The number of urea groups is 1. The van der Waals surface area contributed by atoms with Gasteiger partial charge in [-0.25, -0.2) is 19.6 Å². The van der Waals surface area contributed by atoms with E-state index in [1.54, 1.807) is 18.2 Å². The van der Waals surface area contributed by atoms with E-state index in [1.165, 1.54) is 23.2 Å². The number of fused-ring (bicyclic) bond motifs is 4. The number of nitrogens with zero attached hydrogens (tertiary/aromatic N) is 4. The second-order valence-corrected chi connectivity index (χ2v) is 7.60. The van der Waals surface area contributed by atoms with Crippen molar-refractivity contribution in [3.05, 3.63) is 64.7 Å². The summed E-state index contributed by atoms with van der Waals surface area (Å²) in [4.78, 5) is 38.7. The number of hydrogen-bond acceptors (Lipinski definition) is 5. The number of rotatable bonds is 2. The number of amides is 2. The van der Waals surface area contributed by atoms with Gasteiger partial charge < -0.3 is 4.90 Å². The van der Waals surface area contributed by atoms with Crippen LogP contribution in [0.2, 0.25) is 0 Å². The first kappa shape index (κ1) is 20.0. The van der Waals surface area contributed by atoms with Crippen LogP contribution in [0.1, 0.15) is 12.0 Å². The molecule has 5 rings (SSSR count). The molecule has 2 N–H and O–H groups in total. The largest absolute Gasteiger partial charge is 0.416 e. The molecule has 1 aromatic carbocycles. The first-order valence-corrected chi connectivity index (χ1v) is 9.89. The Kier molecular flexibility index (Phi) is 4.61. The molecule has 8 nitrogen and oxygen atoms in total. The fraction of sp³-hybridized carbons (Fsp3) is 0.238. The standard InChI is InChI=1S/C21H17F3N6O2/c22-21(23,24)13-3-1-2-12(10-13)15-4-5-16-18(26-15)30(14-7-9-29(16)11-14)20(32)28-17-6-8-25-19(31)27-17/h1-6,8,10,14H,7,9,11H2,(H2,25,27,28,31,32)/t14-/m0/s1. The molecule has 32 heavy (non-hydrogen) atoms. The predicted molar refractivity (Wildman–Crippen MR) is 112 cm³/mol. The van der Waals surface area contributed by atoms with Crippen LogP contribution in [0, 0.1) is 0 Å². The van der Waals surface area contributed by atoms with Crippen LogP contribution in [-0.2, 0) is 6.18 Å². The summed E-state index contributed by atoms with van der Waals surface area (Å²) >= 11 is 0. The van der Waals surface area contributed by atoms with E-state index in [2.05, 4.69) is 25.2 Å². The van der Waals surface area contributed by atoms with Crippen LogP contribution in [-0.4, -0.2) is 40.1 Å². The topological polar surface area (TPSA) is 94.2 Å². The van der Waals surface area contributed by atoms with Crippen LogP contribution < -0.4 is 20.8 Å². The lowest BCUT2D eigenvalue weighted by Crippen LogP contribution is -2.48. The van der Waals surface area contributed by atoms with Gasteiger partial charge in [0.15, 0.2) is 5.82 Å². The molecule has 2 aromatic heterocycles. The number of halogens is 3. The molecule has 11 heteroatoms. The van der Waals surface area contributed by atoms with E-state index >= 15 is 0 Å². The molecule has 0 unspecified atom stereocenters. The second kappa shape index (κ2) is 7.36. The third-order valence-corrected chi connectivity index (χ3v) is 5.57. The number of H-pyrrole nitrogens is 1. The minimum atomic E-state index is -4.47. The number of benzene rings is 1. The molecular formula is C21H17F3N6O2. The van der Waals surface area contributed by atoms with Gasteiger partial charge in [0.2, 0.25) is 0 Å². The average molecular weight is 442 g/mol. The third-order valence-electron chi connectivity index (χ3n) is 5.57. The molecule has 1 atom stereocenters. The molecule has 3 aromatic rings. The van der Waals surface area contributed by atoms with Crippen LogP contribution in [0.15, 0.2) is 53.5 Å². The highest BCUT2D eigenvalue weighted by Gasteiger charge is 2.40. The van der Waals surface area contributed by atoms with Crippen LogP contribution in [0.4, 0.5) is 35.3 Å². The van der Waals surface area contributed by atoms with E-state index in [9.17, 15) is 22.8 Å². The highest BCUT2D eigenvalue weighted by molar-refractivity contribution is 6.04. The van der Waals surface area contributed by atoms with Crippen molar-refractivity contribution in [3.8, 4) is 11.3 Å². The molecule has 2 aliphatic heterocycles. The number of nitrogens with one attached hydrogen (secondary N) is 2. The lowest BCUT2D eigenvalue weighted by molar-refractivity contribution is -0.137. The molecule has 0 aliphatic carbocycles. The van der Waals surface area contributed by atoms with E-state index in [1.807, 2.05) is 0 Å². The van der Waals surface area contributed by atoms with Gasteiger partial charge >= 0.3 is 17.9 Å². The average Bonchev–Trinajstić information content (AvgIpc) is 3.17. The van der Waals surface area contributed by atoms with Crippen molar-refractivity contribution in [3.63, 3.8) is 0 Å². The number of carbonyl (C=O) groups excluding carboxylic acids is 1. The van der Waals surface area contributed by atoms with Gasteiger partial charge in [-0.3, -0.25) is 15.2 Å². The molecule has 2 bridgehead atoms. The number of aromatic nitrogens is 3. The Morgan fingerprint density at radius 2 is 2.03 bits per heavy atom. The summed E-state index contributed by atoms with van der Waals surface area (Å²) in [5.41, 5.74) is -0.0110. The number of pyridine rings is 1. The van der Waals surface area contributed by atoms with Crippen molar-refractivity contribution in [2.24, 2.45) is 0 Å². The van der Waals surface area contributed by atoms with Gasteiger partial charge in [0, 0.05) is 24.8 Å². The van der Waals surface area contributed by atoms with E-state index < -0.39 is 23.5 Å². The lowest BCUT2D eigenvalue weighted by atomic mass is 10.1. The van der Waals surface area contributed by atoms with E-state index in [0.29, 0.717) is 23.6 Å². The quantitative estimate of drug-likeness (QED) is 0.634. The van der Waals surface area contributed by atoms with Crippen molar-refractivity contribution in [1.82, 2.24) is 15.0 Å². The van der Waals surface area contributed by atoms with Crippen molar-refractivity contribution < 1.29 is 18.0 Å². The Bertz CT molecular complexity index is 1260. The summed E-state index contributed by atoms with van der Waals surface area (Å²) in [5.74, 6) is 0.550. The molecular weight excluding hydrogens is 425 g/mol. The van der Waals surface area contributed by atoms with Crippen LogP contribution in [0.3, 0.4) is 0 Å². The summed E-state index contributed by atoms with van der Waals surface area (Å²) in [6.07, 6.45) is -2.47. The zero-order valence-electron chi connectivity index (χ0n) is 16.6. The number of alkyl halides is 3. The van der Waals surface area contributed by atoms with Gasteiger partial charge in [0.1, 0.15) is 5.82 Å². The maximum atomic E-state index is 13.2. The third kappa shape index (κ3) is 3.55. The molecule has 2 amide bonds. The highest BCUT2D eigenvalue weighted by Crippen LogP contribution is 2.41. The monoisotopic (exact) mass is 442 g/mol. The number of carbonyl (C=O) groups is 1. The molecule has 0 spiro atoms. The number of aromatic amines is 1. The van der Waals surface area contributed by atoms with Gasteiger partial charge in [0.05, 0.1) is 23.0 Å². The fourth-order valence-electron chi connectivity index (χ4n) is 4.10. The van der Waals surface area contributed by atoms with Crippen molar-refractivity contribution in [2.45, 2.75) is 18.6 Å². The summed E-state index contributed by atoms with van der Waals surface area (Å²) < 4.78 is 39.5. The van der Waals surface area contributed by atoms with Gasteiger partial charge in [0.25, 0.3) is 0 Å². The molecule has 1 fully saturated rings.